The summed E-state index contributed by atoms with van der Waals surface area (Å²) in [6.45, 7) is 1.85. The minimum Gasteiger partial charge on any atom is -0.324 e. The van der Waals surface area contributed by atoms with Gasteiger partial charge in [-0.15, -0.1) is 0 Å². The smallest absolute Gasteiger partial charge is 0.276 e. The van der Waals surface area contributed by atoms with E-state index in [2.05, 4.69) is 20.4 Å². The molecule has 0 saturated heterocycles. The molecule has 0 aliphatic rings. The van der Waals surface area contributed by atoms with Gasteiger partial charge in [0.1, 0.15) is 5.69 Å². The first-order chi connectivity index (χ1) is 9.13. The number of nitrogens with zero attached hydrogens (tertiary/aromatic N) is 3. The summed E-state index contributed by atoms with van der Waals surface area (Å²) >= 11 is 0. The number of hydrogen-bond acceptors (Lipinski definition) is 3. The number of hydrogen-bond donors (Lipinski definition) is 2. The number of rotatable bonds is 2. The van der Waals surface area contributed by atoms with Crippen molar-refractivity contribution in [2.24, 2.45) is 7.05 Å². The first-order valence-corrected chi connectivity index (χ1v) is 5.90. The van der Waals surface area contributed by atoms with Crippen molar-refractivity contribution in [3.8, 4) is 0 Å². The standard InChI is InChI=1S/C13H13N5O/c1-8-7-11(18(2)17-8)12(19)16-13-14-9-5-3-4-6-10(9)15-13/h3-7H,1-2H3,(H2,14,15,16,19). The Labute approximate surface area is 109 Å². The van der Waals surface area contributed by atoms with Crippen LogP contribution in [-0.2, 0) is 7.05 Å². The Bertz CT molecular complexity index is 722. The van der Waals surface area contributed by atoms with Crippen molar-refractivity contribution in [2.45, 2.75) is 6.92 Å². The van der Waals surface area contributed by atoms with Crippen LogP contribution in [0.4, 0.5) is 5.95 Å². The van der Waals surface area contributed by atoms with Crippen molar-refractivity contribution in [2.75, 3.05) is 5.32 Å². The first kappa shape index (κ1) is 11.5. The Morgan fingerprint density at radius 2 is 2.16 bits per heavy atom. The molecule has 0 unspecified atom stereocenters. The number of anilines is 1. The number of benzene rings is 1. The normalized spacial score (nSPS) is 10.8. The quantitative estimate of drug-likeness (QED) is 0.733. The van der Waals surface area contributed by atoms with E-state index in [1.165, 1.54) is 0 Å². The molecular formula is C13H13N5O. The maximum Gasteiger partial charge on any atom is 0.276 e. The fraction of sp³-hybridized carbons (Fsp3) is 0.154. The van der Waals surface area contributed by atoms with Crippen molar-refractivity contribution in [3.63, 3.8) is 0 Å². The molecular weight excluding hydrogens is 242 g/mol. The third kappa shape index (κ3) is 2.08. The van der Waals surface area contributed by atoms with E-state index in [1.54, 1.807) is 17.8 Å². The molecule has 96 valence electrons. The van der Waals surface area contributed by atoms with Crippen LogP contribution in [0.25, 0.3) is 11.0 Å². The first-order valence-electron chi connectivity index (χ1n) is 5.90. The van der Waals surface area contributed by atoms with Crippen molar-refractivity contribution in [3.05, 3.63) is 41.7 Å². The third-order valence-corrected chi connectivity index (χ3v) is 2.86. The van der Waals surface area contributed by atoms with E-state index >= 15 is 0 Å². The van der Waals surface area contributed by atoms with Gasteiger partial charge in [0.25, 0.3) is 5.91 Å². The molecule has 1 amide bonds. The Balaban J connectivity index is 1.88. The van der Waals surface area contributed by atoms with Gasteiger partial charge in [-0.2, -0.15) is 5.10 Å². The predicted molar refractivity (Wildman–Crippen MR) is 72.0 cm³/mol. The van der Waals surface area contributed by atoms with Crippen LogP contribution in [0.2, 0.25) is 0 Å². The van der Waals surface area contributed by atoms with Gasteiger partial charge in [-0.25, -0.2) is 4.98 Å². The number of fused-ring (bicyclic) bond motifs is 1. The van der Waals surface area contributed by atoms with Gasteiger partial charge in [-0.3, -0.25) is 14.8 Å². The van der Waals surface area contributed by atoms with E-state index in [1.807, 2.05) is 31.2 Å². The molecule has 2 heterocycles. The molecule has 6 heteroatoms. The molecule has 2 N–H and O–H groups in total. The molecule has 3 rings (SSSR count). The summed E-state index contributed by atoms with van der Waals surface area (Å²) in [4.78, 5) is 19.4. The molecule has 1 aromatic carbocycles. The molecule has 19 heavy (non-hydrogen) atoms. The Hall–Kier alpha value is -2.63. The number of amides is 1. The minimum atomic E-state index is -0.234. The van der Waals surface area contributed by atoms with Gasteiger partial charge < -0.3 is 4.98 Å². The fourth-order valence-electron chi connectivity index (χ4n) is 2.01. The van der Waals surface area contributed by atoms with Crippen molar-refractivity contribution in [1.82, 2.24) is 19.7 Å². The zero-order chi connectivity index (χ0) is 13.4. The number of carbonyl (C=O) groups is 1. The zero-order valence-electron chi connectivity index (χ0n) is 10.6. The molecule has 6 nitrogen and oxygen atoms in total. The van der Waals surface area contributed by atoms with Gasteiger partial charge in [-0.1, -0.05) is 12.1 Å². The summed E-state index contributed by atoms with van der Waals surface area (Å²) in [6, 6.07) is 9.34. The molecule has 0 aliphatic heterocycles. The zero-order valence-corrected chi connectivity index (χ0v) is 10.6. The van der Waals surface area contributed by atoms with Crippen LogP contribution in [0.15, 0.2) is 30.3 Å². The number of aromatic nitrogens is 4. The lowest BCUT2D eigenvalue weighted by Crippen LogP contribution is -2.16. The van der Waals surface area contributed by atoms with Gasteiger partial charge in [0.15, 0.2) is 0 Å². The van der Waals surface area contributed by atoms with Crippen LogP contribution in [0, 0.1) is 6.92 Å². The largest absolute Gasteiger partial charge is 0.324 e. The van der Waals surface area contributed by atoms with Crippen molar-refractivity contribution < 1.29 is 4.79 Å². The van der Waals surface area contributed by atoms with E-state index < -0.39 is 0 Å². The highest BCUT2D eigenvalue weighted by Crippen LogP contribution is 2.14. The SMILES string of the molecule is Cc1cc(C(=O)Nc2nc3ccccc3[nH]2)n(C)n1. The maximum absolute atomic E-state index is 12.1. The molecule has 0 fully saturated rings. The van der Waals surface area contributed by atoms with Crippen LogP contribution >= 0.6 is 0 Å². The molecule has 3 aromatic rings. The van der Waals surface area contributed by atoms with Crippen LogP contribution in [0.3, 0.4) is 0 Å². The second-order valence-electron chi connectivity index (χ2n) is 4.35. The van der Waals surface area contributed by atoms with Gasteiger partial charge in [0, 0.05) is 7.05 Å². The number of para-hydroxylation sites is 2. The van der Waals surface area contributed by atoms with E-state index in [0.717, 1.165) is 16.7 Å². The van der Waals surface area contributed by atoms with Crippen LogP contribution in [0.5, 0.6) is 0 Å². The fourth-order valence-corrected chi connectivity index (χ4v) is 2.01. The lowest BCUT2D eigenvalue weighted by atomic mass is 10.3. The monoisotopic (exact) mass is 255 g/mol. The predicted octanol–water partition coefficient (Wildman–Crippen LogP) is 1.86. The Morgan fingerprint density at radius 1 is 1.37 bits per heavy atom. The number of aromatic amines is 1. The molecule has 0 bridgehead atoms. The van der Waals surface area contributed by atoms with Crippen molar-refractivity contribution in [1.29, 1.82) is 0 Å². The summed E-state index contributed by atoms with van der Waals surface area (Å²) in [5.74, 6) is 0.201. The topological polar surface area (TPSA) is 75.6 Å². The number of aryl methyl sites for hydroxylation is 2. The summed E-state index contributed by atoms with van der Waals surface area (Å²) in [5.41, 5.74) is 3.01. The summed E-state index contributed by atoms with van der Waals surface area (Å²) in [5, 5.41) is 6.88. The number of imidazole rings is 1. The minimum absolute atomic E-state index is 0.234. The Kier molecular flexibility index (Phi) is 2.56. The summed E-state index contributed by atoms with van der Waals surface area (Å²) in [6.07, 6.45) is 0. The van der Waals surface area contributed by atoms with Gasteiger partial charge >= 0.3 is 0 Å². The molecule has 0 saturated carbocycles. The molecule has 0 aliphatic carbocycles. The highest BCUT2D eigenvalue weighted by atomic mass is 16.2. The molecule has 2 aromatic heterocycles. The second kappa shape index (κ2) is 4.24. The second-order valence-corrected chi connectivity index (χ2v) is 4.35. The summed E-state index contributed by atoms with van der Waals surface area (Å²) in [7, 11) is 1.74. The van der Waals surface area contributed by atoms with Gasteiger partial charge in [0.05, 0.1) is 16.7 Å². The molecule has 0 spiro atoms. The lowest BCUT2D eigenvalue weighted by Gasteiger charge is -2.01. The third-order valence-electron chi connectivity index (χ3n) is 2.86. The van der Waals surface area contributed by atoms with Gasteiger partial charge in [-0.05, 0) is 25.1 Å². The summed E-state index contributed by atoms with van der Waals surface area (Å²) < 4.78 is 1.55. The Morgan fingerprint density at radius 3 is 2.84 bits per heavy atom. The number of carbonyl (C=O) groups excluding carboxylic acids is 1. The average molecular weight is 255 g/mol. The van der Waals surface area contributed by atoms with Crippen molar-refractivity contribution >= 4 is 22.9 Å². The van der Waals surface area contributed by atoms with Crippen LogP contribution in [-0.4, -0.2) is 25.7 Å². The molecule has 0 atom stereocenters. The van der Waals surface area contributed by atoms with E-state index in [-0.39, 0.29) is 5.91 Å². The highest BCUT2D eigenvalue weighted by molar-refractivity contribution is 6.02. The lowest BCUT2D eigenvalue weighted by molar-refractivity contribution is 0.101. The van der Waals surface area contributed by atoms with Crippen LogP contribution in [0.1, 0.15) is 16.2 Å². The molecule has 0 radical (unpaired) electrons. The van der Waals surface area contributed by atoms with Crippen LogP contribution < -0.4 is 5.32 Å². The van der Waals surface area contributed by atoms with E-state index in [4.69, 9.17) is 0 Å². The van der Waals surface area contributed by atoms with E-state index in [0.29, 0.717) is 11.6 Å². The number of nitrogens with one attached hydrogen (secondary N) is 2. The highest BCUT2D eigenvalue weighted by Gasteiger charge is 2.13. The van der Waals surface area contributed by atoms with E-state index in [9.17, 15) is 4.79 Å². The number of H-pyrrole nitrogens is 1. The maximum atomic E-state index is 12.1. The van der Waals surface area contributed by atoms with Gasteiger partial charge in [0.2, 0.25) is 5.95 Å². The average Bonchev–Trinajstić information content (AvgIpc) is 2.91.